The molecule has 1 N–H and O–H groups in total. The van der Waals surface area contributed by atoms with E-state index in [9.17, 15) is 9.59 Å². The molecule has 0 radical (unpaired) electrons. The molecule has 0 bridgehead atoms. The Kier molecular flexibility index (Phi) is 7.05. The number of aromatic nitrogens is 2. The van der Waals surface area contributed by atoms with Crippen LogP contribution >= 0.6 is 11.6 Å². The first-order valence-corrected chi connectivity index (χ1v) is 11.6. The molecule has 6 heteroatoms. The van der Waals surface area contributed by atoms with Gasteiger partial charge in [0.25, 0.3) is 5.91 Å². The number of anilines is 1. The van der Waals surface area contributed by atoms with Crippen molar-refractivity contribution >= 4 is 29.0 Å². The molecule has 0 spiro atoms. The van der Waals surface area contributed by atoms with Gasteiger partial charge < -0.3 is 5.32 Å². The van der Waals surface area contributed by atoms with Crippen LogP contribution in [0.25, 0.3) is 11.3 Å². The number of hydrogen-bond acceptors (Lipinski definition) is 3. The number of amides is 1. The highest BCUT2D eigenvalue weighted by Crippen LogP contribution is 2.26. The van der Waals surface area contributed by atoms with Crippen molar-refractivity contribution in [3.05, 3.63) is 70.9 Å². The predicted molar refractivity (Wildman–Crippen MR) is 128 cm³/mol. The highest BCUT2D eigenvalue weighted by atomic mass is 35.5. The molecular weight excluding hydrogens is 422 g/mol. The van der Waals surface area contributed by atoms with Gasteiger partial charge in [-0.15, -0.1) is 0 Å². The molecule has 1 amide bonds. The first kappa shape index (κ1) is 22.3. The summed E-state index contributed by atoms with van der Waals surface area (Å²) in [7, 11) is 1.89. The van der Waals surface area contributed by atoms with E-state index in [1.54, 1.807) is 28.9 Å². The molecule has 166 valence electrons. The van der Waals surface area contributed by atoms with Crippen LogP contribution in [0.3, 0.4) is 0 Å². The average Bonchev–Trinajstić information content (AvgIpc) is 2.98. The van der Waals surface area contributed by atoms with E-state index in [0.717, 1.165) is 42.6 Å². The molecule has 32 heavy (non-hydrogen) atoms. The lowest BCUT2D eigenvalue weighted by molar-refractivity contribution is -0.122. The van der Waals surface area contributed by atoms with Gasteiger partial charge in [-0.25, -0.2) is 0 Å². The Hall–Kier alpha value is -2.92. The molecule has 0 atom stereocenters. The molecule has 3 aromatic rings. The second-order valence-corrected chi connectivity index (χ2v) is 8.89. The fraction of sp³-hybridized carbons (Fsp3) is 0.346. The molecule has 1 aromatic heterocycles. The summed E-state index contributed by atoms with van der Waals surface area (Å²) in [4.78, 5) is 25.3. The fourth-order valence-corrected chi connectivity index (χ4v) is 4.53. The van der Waals surface area contributed by atoms with Gasteiger partial charge in [0.15, 0.2) is 0 Å². The summed E-state index contributed by atoms with van der Waals surface area (Å²) in [6.07, 6.45) is 7.28. The Morgan fingerprint density at radius 2 is 1.72 bits per heavy atom. The molecule has 1 aliphatic carbocycles. The van der Waals surface area contributed by atoms with Crippen LogP contribution < -0.4 is 5.32 Å². The van der Waals surface area contributed by atoms with E-state index in [1.807, 2.05) is 37.4 Å². The molecule has 1 fully saturated rings. The Balaban J connectivity index is 1.42. The van der Waals surface area contributed by atoms with Crippen LogP contribution in [0.1, 0.15) is 54.6 Å². The van der Waals surface area contributed by atoms with Crippen molar-refractivity contribution in [3.63, 3.8) is 0 Å². The van der Waals surface area contributed by atoms with Crippen LogP contribution in [0.4, 0.5) is 5.69 Å². The number of rotatable bonds is 6. The molecule has 2 aromatic carbocycles. The normalized spacial score (nSPS) is 14.7. The first-order chi connectivity index (χ1) is 15.5. The van der Waals surface area contributed by atoms with Crippen molar-refractivity contribution in [1.82, 2.24) is 9.78 Å². The largest absolute Gasteiger partial charge is 0.322 e. The van der Waals surface area contributed by atoms with Gasteiger partial charge in [-0.2, -0.15) is 5.10 Å². The highest BCUT2D eigenvalue weighted by molar-refractivity contribution is 6.34. The van der Waals surface area contributed by atoms with Gasteiger partial charge in [0.05, 0.1) is 16.3 Å². The van der Waals surface area contributed by atoms with Gasteiger partial charge in [0.1, 0.15) is 5.78 Å². The van der Waals surface area contributed by atoms with Gasteiger partial charge in [0, 0.05) is 36.3 Å². The van der Waals surface area contributed by atoms with E-state index in [0.29, 0.717) is 28.5 Å². The molecule has 1 saturated carbocycles. The number of aryl methyl sites for hydroxylation is 1. The average molecular weight is 450 g/mol. The maximum Gasteiger partial charge on any atom is 0.257 e. The van der Waals surface area contributed by atoms with Gasteiger partial charge in [-0.3, -0.25) is 14.3 Å². The highest BCUT2D eigenvalue weighted by Gasteiger charge is 2.21. The maximum absolute atomic E-state index is 12.8. The van der Waals surface area contributed by atoms with Gasteiger partial charge in [-0.05, 0) is 43.2 Å². The zero-order chi connectivity index (χ0) is 22.5. The number of nitrogens with zero attached hydrogens (tertiary/aromatic N) is 2. The van der Waals surface area contributed by atoms with E-state index in [4.69, 9.17) is 11.6 Å². The molecule has 1 aliphatic rings. The van der Waals surface area contributed by atoms with Crippen LogP contribution in [0.15, 0.2) is 54.6 Å². The molecule has 4 rings (SSSR count). The van der Waals surface area contributed by atoms with E-state index in [-0.39, 0.29) is 11.8 Å². The summed E-state index contributed by atoms with van der Waals surface area (Å²) in [5, 5.41) is 7.89. The maximum atomic E-state index is 12.8. The molecular formula is C26H28ClN3O2. The molecule has 1 heterocycles. The first-order valence-electron chi connectivity index (χ1n) is 11.2. The molecule has 0 unspecified atom stereocenters. The van der Waals surface area contributed by atoms with Crippen LogP contribution in [-0.2, 0) is 18.3 Å². The second kappa shape index (κ2) is 10.1. The molecule has 0 saturated heterocycles. The van der Waals surface area contributed by atoms with Crippen molar-refractivity contribution in [2.24, 2.45) is 13.0 Å². The monoisotopic (exact) mass is 449 g/mol. The van der Waals surface area contributed by atoms with Crippen LogP contribution in [0.2, 0.25) is 5.02 Å². The zero-order valence-electron chi connectivity index (χ0n) is 18.3. The molecule has 5 nitrogen and oxygen atoms in total. The Labute approximate surface area is 193 Å². The third-order valence-electron chi connectivity index (χ3n) is 6.20. The molecule has 0 aliphatic heterocycles. The van der Waals surface area contributed by atoms with E-state index < -0.39 is 0 Å². The summed E-state index contributed by atoms with van der Waals surface area (Å²) in [5.41, 5.74) is 3.80. The number of carbonyl (C=O) groups is 2. The summed E-state index contributed by atoms with van der Waals surface area (Å²) >= 11 is 6.11. The second-order valence-electron chi connectivity index (χ2n) is 8.49. The number of halogens is 1. The van der Waals surface area contributed by atoms with Crippen molar-refractivity contribution in [2.75, 3.05) is 5.32 Å². The summed E-state index contributed by atoms with van der Waals surface area (Å²) < 4.78 is 1.80. The standard InChI is InChI=1S/C26H28ClN3O2/c1-30-21(17-25(31)19-8-4-2-3-5-9-19)16-24(29-30)18-12-14-20(15-13-18)28-26(32)22-10-6-7-11-23(22)27/h6-7,10-16,19H,2-5,8-9,17H2,1H3,(H,28,32). The van der Waals surface area contributed by atoms with Crippen LogP contribution in [-0.4, -0.2) is 21.5 Å². The van der Waals surface area contributed by atoms with Crippen LogP contribution in [0.5, 0.6) is 0 Å². The van der Waals surface area contributed by atoms with Crippen LogP contribution in [0, 0.1) is 5.92 Å². The van der Waals surface area contributed by atoms with Crippen molar-refractivity contribution in [3.8, 4) is 11.3 Å². The number of benzene rings is 2. The summed E-state index contributed by atoms with van der Waals surface area (Å²) in [6.45, 7) is 0. The predicted octanol–water partition coefficient (Wildman–Crippen LogP) is 6.07. The fourth-order valence-electron chi connectivity index (χ4n) is 4.30. The third kappa shape index (κ3) is 5.28. The van der Waals surface area contributed by atoms with Gasteiger partial charge in [-0.1, -0.05) is 61.5 Å². The van der Waals surface area contributed by atoms with Gasteiger partial charge in [0.2, 0.25) is 0 Å². The zero-order valence-corrected chi connectivity index (χ0v) is 19.1. The third-order valence-corrected chi connectivity index (χ3v) is 6.53. The quantitative estimate of drug-likeness (QED) is 0.464. The lowest BCUT2D eigenvalue weighted by atomic mass is 9.92. The minimum atomic E-state index is -0.250. The Bertz CT molecular complexity index is 1100. The Morgan fingerprint density at radius 3 is 2.41 bits per heavy atom. The SMILES string of the molecule is Cn1nc(-c2ccc(NC(=O)c3ccccc3Cl)cc2)cc1CC(=O)C1CCCCCC1. The van der Waals surface area contributed by atoms with E-state index in [1.165, 1.54) is 12.8 Å². The van der Waals surface area contributed by atoms with E-state index in [2.05, 4.69) is 10.4 Å². The van der Waals surface area contributed by atoms with Crippen molar-refractivity contribution in [1.29, 1.82) is 0 Å². The smallest absolute Gasteiger partial charge is 0.257 e. The minimum Gasteiger partial charge on any atom is -0.322 e. The van der Waals surface area contributed by atoms with E-state index >= 15 is 0 Å². The number of ketones is 1. The Morgan fingerprint density at radius 1 is 1.03 bits per heavy atom. The number of Topliss-reactive ketones (excluding diaryl/α,β-unsaturated/α-hetero) is 1. The number of nitrogens with one attached hydrogen (secondary N) is 1. The minimum absolute atomic E-state index is 0.192. The van der Waals surface area contributed by atoms with Gasteiger partial charge >= 0.3 is 0 Å². The summed E-state index contributed by atoms with van der Waals surface area (Å²) in [5.74, 6) is 0.274. The lowest BCUT2D eigenvalue weighted by Gasteiger charge is -2.12. The topological polar surface area (TPSA) is 64.0 Å². The number of hydrogen-bond donors (Lipinski definition) is 1. The lowest BCUT2D eigenvalue weighted by Crippen LogP contribution is -2.17. The van der Waals surface area contributed by atoms with Crippen molar-refractivity contribution < 1.29 is 9.59 Å². The van der Waals surface area contributed by atoms with Crippen molar-refractivity contribution in [2.45, 2.75) is 44.9 Å². The number of carbonyl (C=O) groups excluding carboxylic acids is 2. The summed E-state index contributed by atoms with van der Waals surface area (Å²) in [6, 6.07) is 16.5.